The lowest BCUT2D eigenvalue weighted by Crippen LogP contribution is -2.43. The van der Waals surface area contributed by atoms with Crippen LogP contribution in [0.1, 0.15) is 41.4 Å². The van der Waals surface area contributed by atoms with Gasteiger partial charge in [0.05, 0.1) is 11.4 Å². The molecule has 0 spiro atoms. The van der Waals surface area contributed by atoms with Crippen LogP contribution in [0.2, 0.25) is 0 Å². The van der Waals surface area contributed by atoms with Crippen LogP contribution in [-0.4, -0.2) is 51.8 Å². The molecule has 4 amide bonds. The van der Waals surface area contributed by atoms with E-state index in [4.69, 9.17) is 0 Å². The third-order valence-electron chi connectivity index (χ3n) is 7.10. The molecule has 4 aromatic carbocycles. The van der Waals surface area contributed by atoms with Crippen LogP contribution in [-0.2, 0) is 0 Å². The molecule has 4 aromatic rings. The summed E-state index contributed by atoms with van der Waals surface area (Å²) in [5.41, 5.74) is 3.69. The van der Waals surface area contributed by atoms with Gasteiger partial charge in [-0.15, -0.1) is 0 Å². The zero-order chi connectivity index (χ0) is 26.9. The molecule has 0 aromatic heterocycles. The third-order valence-corrected chi connectivity index (χ3v) is 7.10. The van der Waals surface area contributed by atoms with Crippen molar-refractivity contribution < 1.29 is 19.2 Å². The number of imide groups is 2. The van der Waals surface area contributed by atoms with Crippen LogP contribution in [0.15, 0.2) is 72.8 Å². The summed E-state index contributed by atoms with van der Waals surface area (Å²) in [4.78, 5) is 60.8. The van der Waals surface area contributed by atoms with E-state index in [0.717, 1.165) is 21.2 Å². The Bertz CT molecular complexity index is 1530. The zero-order valence-electron chi connectivity index (χ0n) is 21.4. The van der Waals surface area contributed by atoms with Gasteiger partial charge in [-0.25, -0.2) is 9.80 Å². The normalized spacial score (nSPS) is 14.4. The molecule has 0 N–H and O–H groups in total. The molecule has 8 nitrogen and oxygen atoms in total. The zero-order valence-corrected chi connectivity index (χ0v) is 21.4. The molecule has 0 bridgehead atoms. The molecule has 0 saturated heterocycles. The molecule has 0 aliphatic carbocycles. The number of hydrogen-bond donors (Lipinski definition) is 0. The SMILES string of the molecule is CN(C)c1cccc(N2C(=O)c3ccc4c5c(ccc(c35)C2=O)C(=O)N(c2cccc(N(C)C)c2)C4=O)c1. The van der Waals surface area contributed by atoms with Crippen molar-refractivity contribution in [2.75, 3.05) is 47.8 Å². The van der Waals surface area contributed by atoms with E-state index >= 15 is 0 Å². The highest BCUT2D eigenvalue weighted by atomic mass is 16.2. The van der Waals surface area contributed by atoms with Gasteiger partial charge in [0.1, 0.15) is 0 Å². The molecule has 2 heterocycles. The second-order valence-electron chi connectivity index (χ2n) is 9.79. The van der Waals surface area contributed by atoms with Gasteiger partial charge in [-0.2, -0.15) is 0 Å². The molecule has 2 aliphatic heterocycles. The standard InChI is InChI=1S/C30H24N4O4/c1-31(2)17-7-5-9-19(15-17)33-27(35)21-11-13-23-26-24(14-12-22(25(21)26)28(33)36)30(38)34(29(23)37)20-10-6-8-18(16-20)32(3)4/h5-16H,1-4H3. The Balaban J connectivity index is 1.51. The van der Waals surface area contributed by atoms with Crippen molar-refractivity contribution >= 4 is 57.2 Å². The van der Waals surface area contributed by atoms with Gasteiger partial charge in [0.25, 0.3) is 23.6 Å². The maximum Gasteiger partial charge on any atom is 0.265 e. The largest absolute Gasteiger partial charge is 0.378 e. The lowest BCUT2D eigenvalue weighted by Gasteiger charge is -2.32. The first-order valence-corrected chi connectivity index (χ1v) is 12.1. The number of carbonyl (C=O) groups excluding carboxylic acids is 4. The summed E-state index contributed by atoms with van der Waals surface area (Å²) in [5.74, 6) is -1.99. The number of rotatable bonds is 4. The van der Waals surface area contributed by atoms with E-state index in [1.54, 1.807) is 60.7 Å². The summed E-state index contributed by atoms with van der Waals surface area (Å²) in [6.07, 6.45) is 0. The second kappa shape index (κ2) is 8.27. The van der Waals surface area contributed by atoms with Gasteiger partial charge in [0.15, 0.2) is 0 Å². The minimum atomic E-state index is -0.497. The summed E-state index contributed by atoms with van der Waals surface area (Å²) >= 11 is 0. The van der Waals surface area contributed by atoms with Crippen LogP contribution in [0.25, 0.3) is 10.8 Å². The maximum absolute atomic E-state index is 13.7. The molecule has 8 heteroatoms. The van der Waals surface area contributed by atoms with Crippen molar-refractivity contribution in [1.29, 1.82) is 0 Å². The van der Waals surface area contributed by atoms with Crippen molar-refractivity contribution in [1.82, 2.24) is 0 Å². The Labute approximate surface area is 219 Å². The minimum absolute atomic E-state index is 0.277. The molecule has 0 radical (unpaired) electrons. The first-order valence-electron chi connectivity index (χ1n) is 12.1. The van der Waals surface area contributed by atoms with E-state index in [9.17, 15) is 19.2 Å². The smallest absolute Gasteiger partial charge is 0.265 e. The summed E-state index contributed by atoms with van der Waals surface area (Å²) in [5, 5.41) is 0.691. The number of benzene rings is 4. The summed E-state index contributed by atoms with van der Waals surface area (Å²) in [6, 6.07) is 20.6. The van der Waals surface area contributed by atoms with Crippen LogP contribution < -0.4 is 19.6 Å². The van der Waals surface area contributed by atoms with Crippen molar-refractivity contribution in [3.05, 3.63) is 95.1 Å². The molecule has 0 atom stereocenters. The number of anilines is 4. The fourth-order valence-electron chi connectivity index (χ4n) is 5.16. The molecular weight excluding hydrogens is 480 g/mol. The maximum atomic E-state index is 13.7. The van der Waals surface area contributed by atoms with Crippen molar-refractivity contribution in [2.45, 2.75) is 0 Å². The Morgan fingerprint density at radius 1 is 0.474 bits per heavy atom. The van der Waals surface area contributed by atoms with E-state index in [1.807, 2.05) is 50.1 Å². The van der Waals surface area contributed by atoms with E-state index < -0.39 is 23.6 Å². The van der Waals surface area contributed by atoms with Gasteiger partial charge in [-0.3, -0.25) is 19.2 Å². The predicted octanol–water partition coefficient (Wildman–Crippen LogP) is 4.57. The number of carbonyl (C=O) groups is 4. The first-order chi connectivity index (χ1) is 18.2. The lowest BCUT2D eigenvalue weighted by atomic mass is 9.85. The Hall–Kier alpha value is -4.98. The second-order valence-corrected chi connectivity index (χ2v) is 9.79. The predicted molar refractivity (Wildman–Crippen MR) is 148 cm³/mol. The van der Waals surface area contributed by atoms with E-state index in [-0.39, 0.29) is 22.3 Å². The highest BCUT2D eigenvalue weighted by Crippen LogP contribution is 2.40. The monoisotopic (exact) mass is 504 g/mol. The summed E-state index contributed by atoms with van der Waals surface area (Å²) in [6.45, 7) is 0. The average molecular weight is 505 g/mol. The molecular formula is C30H24N4O4. The van der Waals surface area contributed by atoms with Crippen LogP contribution in [0.5, 0.6) is 0 Å². The first kappa shape index (κ1) is 23.4. The third kappa shape index (κ3) is 3.23. The molecule has 0 unspecified atom stereocenters. The molecule has 38 heavy (non-hydrogen) atoms. The van der Waals surface area contributed by atoms with Crippen molar-refractivity contribution in [3.8, 4) is 0 Å². The Morgan fingerprint density at radius 3 is 1.08 bits per heavy atom. The fraction of sp³-hybridized carbons (Fsp3) is 0.133. The number of amides is 4. The van der Waals surface area contributed by atoms with Gasteiger partial charge in [0, 0.05) is 72.6 Å². The Morgan fingerprint density at radius 2 is 0.789 bits per heavy atom. The average Bonchev–Trinajstić information content (AvgIpc) is 2.91. The van der Waals surface area contributed by atoms with Crippen LogP contribution >= 0.6 is 0 Å². The topological polar surface area (TPSA) is 81.2 Å². The van der Waals surface area contributed by atoms with Crippen molar-refractivity contribution in [2.24, 2.45) is 0 Å². The summed E-state index contributed by atoms with van der Waals surface area (Å²) < 4.78 is 0. The molecule has 0 saturated carbocycles. The van der Waals surface area contributed by atoms with Crippen LogP contribution in [0.3, 0.4) is 0 Å². The van der Waals surface area contributed by atoms with Gasteiger partial charge in [-0.05, 0) is 60.7 Å². The van der Waals surface area contributed by atoms with Crippen LogP contribution in [0, 0.1) is 0 Å². The minimum Gasteiger partial charge on any atom is -0.378 e. The number of hydrogen-bond acceptors (Lipinski definition) is 6. The highest BCUT2D eigenvalue weighted by Gasteiger charge is 2.40. The van der Waals surface area contributed by atoms with E-state index in [0.29, 0.717) is 22.1 Å². The van der Waals surface area contributed by atoms with Crippen molar-refractivity contribution in [3.63, 3.8) is 0 Å². The Kier molecular flexibility index (Phi) is 5.10. The van der Waals surface area contributed by atoms with Gasteiger partial charge in [0.2, 0.25) is 0 Å². The van der Waals surface area contributed by atoms with Gasteiger partial charge in [-0.1, -0.05) is 12.1 Å². The van der Waals surface area contributed by atoms with Crippen LogP contribution in [0.4, 0.5) is 22.7 Å². The lowest BCUT2D eigenvalue weighted by molar-refractivity contribution is 0.0873. The van der Waals surface area contributed by atoms with Gasteiger partial charge < -0.3 is 9.80 Å². The quantitative estimate of drug-likeness (QED) is 0.379. The highest BCUT2D eigenvalue weighted by molar-refractivity contribution is 6.42. The molecule has 6 rings (SSSR count). The van der Waals surface area contributed by atoms with Gasteiger partial charge >= 0.3 is 0 Å². The molecule has 2 aliphatic rings. The van der Waals surface area contributed by atoms with E-state index in [1.165, 1.54) is 0 Å². The molecule has 188 valence electrons. The molecule has 0 fully saturated rings. The fourth-order valence-corrected chi connectivity index (χ4v) is 5.16. The summed E-state index contributed by atoms with van der Waals surface area (Å²) in [7, 11) is 7.52. The number of nitrogens with zero attached hydrogens (tertiary/aromatic N) is 4. The van der Waals surface area contributed by atoms with E-state index in [2.05, 4.69) is 0 Å².